The van der Waals surface area contributed by atoms with Gasteiger partial charge >= 0.3 is 5.97 Å². The Bertz CT molecular complexity index is 885. The molecule has 166 valence electrons. The molecule has 1 heterocycles. The molecule has 1 aliphatic rings. The van der Waals surface area contributed by atoms with Crippen LogP contribution in [0.1, 0.15) is 24.0 Å². The average molecular weight is 443 g/mol. The number of rotatable bonds is 11. The lowest BCUT2D eigenvalue weighted by Gasteiger charge is -2.27. The van der Waals surface area contributed by atoms with Gasteiger partial charge in [-0.25, -0.2) is 4.79 Å². The normalized spacial score (nSPS) is 13.0. The van der Waals surface area contributed by atoms with Crippen LogP contribution in [0.25, 0.3) is 0 Å². The van der Waals surface area contributed by atoms with Crippen LogP contribution in [-0.2, 0) is 27.1 Å². The molecule has 6 heteroatoms. The minimum atomic E-state index is -0.337. The Kier molecular flexibility index (Phi) is 9.40. The third-order valence-electron chi connectivity index (χ3n) is 5.32. The molecule has 0 spiro atoms. The molecule has 0 saturated carbocycles. The van der Waals surface area contributed by atoms with E-state index < -0.39 is 0 Å². The predicted octanol–water partition coefficient (Wildman–Crippen LogP) is 4.69. The predicted molar refractivity (Wildman–Crippen MR) is 126 cm³/mol. The number of hydrogen-bond donors (Lipinski definition) is 1. The molecule has 31 heavy (non-hydrogen) atoms. The molecule has 0 fully saturated rings. The summed E-state index contributed by atoms with van der Waals surface area (Å²) in [5, 5.41) is 4.12. The summed E-state index contributed by atoms with van der Waals surface area (Å²) in [6.45, 7) is 3.16. The third kappa shape index (κ3) is 7.10. The van der Waals surface area contributed by atoms with E-state index in [2.05, 4.69) is 46.6 Å². The summed E-state index contributed by atoms with van der Waals surface area (Å²) in [7, 11) is 1.58. The second kappa shape index (κ2) is 12.5. The number of nitrogens with one attached hydrogen (secondary N) is 1. The van der Waals surface area contributed by atoms with E-state index in [9.17, 15) is 4.79 Å². The van der Waals surface area contributed by atoms with E-state index in [-0.39, 0.29) is 12.6 Å². The molecule has 0 unspecified atom stereocenters. The van der Waals surface area contributed by atoms with E-state index in [1.54, 1.807) is 13.2 Å². The molecule has 0 atom stereocenters. The fourth-order valence-corrected chi connectivity index (χ4v) is 3.93. The summed E-state index contributed by atoms with van der Waals surface area (Å²) in [5.41, 5.74) is 5.24. The number of methoxy groups -OCH3 is 1. The molecule has 0 bridgehead atoms. The maximum atomic E-state index is 11.5. The summed E-state index contributed by atoms with van der Waals surface area (Å²) >= 11 is 6.33. The first kappa shape index (κ1) is 23.3. The van der Waals surface area contributed by atoms with Crippen LogP contribution >= 0.6 is 11.6 Å². The van der Waals surface area contributed by atoms with Crippen molar-refractivity contribution in [1.82, 2.24) is 5.32 Å². The van der Waals surface area contributed by atoms with Gasteiger partial charge in [-0.15, -0.1) is 0 Å². The zero-order chi connectivity index (χ0) is 21.9. The number of carbonyl (C=O) groups is 1. The number of anilines is 2. The Morgan fingerprint density at radius 1 is 1.10 bits per heavy atom. The maximum absolute atomic E-state index is 11.5. The molecule has 0 aromatic heterocycles. The number of esters is 1. The summed E-state index contributed by atoms with van der Waals surface area (Å²) < 4.78 is 9.82. The molecule has 0 amide bonds. The quantitative estimate of drug-likeness (QED) is 0.311. The molecule has 1 N–H and O–H groups in total. The van der Waals surface area contributed by atoms with Crippen molar-refractivity contribution in [1.29, 1.82) is 0 Å². The molecule has 2 aromatic rings. The van der Waals surface area contributed by atoms with Gasteiger partial charge < -0.3 is 19.7 Å². The minimum Gasteiger partial charge on any atom is -0.460 e. The van der Waals surface area contributed by atoms with E-state index >= 15 is 0 Å². The van der Waals surface area contributed by atoms with Crippen LogP contribution in [-0.4, -0.2) is 45.9 Å². The number of halogens is 1. The number of aryl methyl sites for hydroxylation is 2. The molecular weight excluding hydrogens is 412 g/mol. The van der Waals surface area contributed by atoms with Crippen molar-refractivity contribution in [3.05, 3.63) is 70.8 Å². The first-order valence-corrected chi connectivity index (χ1v) is 11.2. The Labute approximate surface area is 190 Å². The van der Waals surface area contributed by atoms with Crippen molar-refractivity contribution in [3.63, 3.8) is 0 Å². The first-order valence-electron chi connectivity index (χ1n) is 10.9. The van der Waals surface area contributed by atoms with E-state index in [0.717, 1.165) is 43.8 Å². The Morgan fingerprint density at radius 3 is 2.74 bits per heavy atom. The highest BCUT2D eigenvalue weighted by molar-refractivity contribution is 6.30. The molecule has 2 aromatic carbocycles. The SMILES string of the molecule is COCCOC(=O)/C=C/CNCCCCN1c2ccccc2CCc2ccc(Cl)cc21. The number of ether oxygens (including phenoxy) is 2. The number of carbonyl (C=O) groups excluding carboxylic acids is 1. The van der Waals surface area contributed by atoms with E-state index in [0.29, 0.717) is 13.2 Å². The zero-order valence-corrected chi connectivity index (χ0v) is 18.9. The van der Waals surface area contributed by atoms with Gasteiger partial charge in [-0.05, 0) is 61.6 Å². The van der Waals surface area contributed by atoms with Crippen LogP contribution < -0.4 is 10.2 Å². The monoisotopic (exact) mass is 442 g/mol. The third-order valence-corrected chi connectivity index (χ3v) is 5.55. The van der Waals surface area contributed by atoms with Gasteiger partial charge in [-0.1, -0.05) is 41.9 Å². The molecular formula is C25H31ClN2O3. The van der Waals surface area contributed by atoms with Crippen molar-refractivity contribution in [2.45, 2.75) is 25.7 Å². The van der Waals surface area contributed by atoms with Crippen LogP contribution in [0.15, 0.2) is 54.6 Å². The van der Waals surface area contributed by atoms with Gasteiger partial charge in [0.05, 0.1) is 6.61 Å². The van der Waals surface area contributed by atoms with Crippen LogP contribution in [0.3, 0.4) is 0 Å². The van der Waals surface area contributed by atoms with Crippen molar-refractivity contribution >= 4 is 28.9 Å². The molecule has 0 saturated heterocycles. The van der Waals surface area contributed by atoms with Crippen molar-refractivity contribution in [2.75, 3.05) is 44.9 Å². The second-order valence-electron chi connectivity index (χ2n) is 7.53. The standard InChI is InChI=1S/C25H31ClN2O3/c1-30-17-18-31-25(29)9-6-15-27-14-4-5-16-28-23-8-3-2-7-20(23)10-11-21-12-13-22(26)19-24(21)28/h2-3,6-9,12-13,19,27H,4-5,10-11,14-18H2,1H3/b9-6+. The first-order chi connectivity index (χ1) is 15.2. The second-order valence-corrected chi connectivity index (χ2v) is 7.96. The van der Waals surface area contributed by atoms with E-state index in [1.807, 2.05) is 6.07 Å². The Morgan fingerprint density at radius 2 is 1.90 bits per heavy atom. The van der Waals surface area contributed by atoms with Gasteiger partial charge in [0.2, 0.25) is 0 Å². The van der Waals surface area contributed by atoms with Crippen LogP contribution in [0.5, 0.6) is 0 Å². The summed E-state index contributed by atoms with van der Waals surface area (Å²) in [4.78, 5) is 13.9. The van der Waals surface area contributed by atoms with Gasteiger partial charge in [0, 0.05) is 42.7 Å². The molecule has 5 nitrogen and oxygen atoms in total. The summed E-state index contributed by atoms with van der Waals surface area (Å²) in [5.74, 6) is -0.337. The van der Waals surface area contributed by atoms with Gasteiger partial charge in [0.25, 0.3) is 0 Å². The fraction of sp³-hybridized carbons (Fsp3) is 0.400. The van der Waals surface area contributed by atoms with Crippen molar-refractivity contribution in [3.8, 4) is 0 Å². The lowest BCUT2D eigenvalue weighted by atomic mass is 10.0. The van der Waals surface area contributed by atoms with Crippen molar-refractivity contribution < 1.29 is 14.3 Å². The largest absolute Gasteiger partial charge is 0.460 e. The fourth-order valence-electron chi connectivity index (χ4n) is 3.76. The lowest BCUT2D eigenvalue weighted by Crippen LogP contribution is -2.22. The number of nitrogens with zero attached hydrogens (tertiary/aromatic N) is 1. The summed E-state index contributed by atoms with van der Waals surface area (Å²) in [6.07, 6.45) is 7.41. The average Bonchev–Trinajstić information content (AvgIpc) is 2.92. The smallest absolute Gasteiger partial charge is 0.330 e. The Hall–Kier alpha value is -2.34. The van der Waals surface area contributed by atoms with Gasteiger partial charge in [0.1, 0.15) is 6.61 Å². The number of benzene rings is 2. The lowest BCUT2D eigenvalue weighted by molar-refractivity contribution is -0.138. The van der Waals surface area contributed by atoms with E-state index in [4.69, 9.17) is 21.1 Å². The topological polar surface area (TPSA) is 50.8 Å². The molecule has 1 aliphatic heterocycles. The van der Waals surface area contributed by atoms with Crippen LogP contribution in [0, 0.1) is 0 Å². The highest BCUT2D eigenvalue weighted by Crippen LogP contribution is 2.37. The minimum absolute atomic E-state index is 0.279. The number of unbranched alkanes of at least 4 members (excludes halogenated alkanes) is 1. The maximum Gasteiger partial charge on any atom is 0.330 e. The van der Waals surface area contributed by atoms with Gasteiger partial charge in [-0.3, -0.25) is 0 Å². The van der Waals surface area contributed by atoms with E-state index in [1.165, 1.54) is 28.6 Å². The summed E-state index contributed by atoms with van der Waals surface area (Å²) in [6, 6.07) is 14.9. The molecule has 0 aliphatic carbocycles. The van der Waals surface area contributed by atoms with Crippen LogP contribution in [0.2, 0.25) is 5.02 Å². The molecule has 0 radical (unpaired) electrons. The number of para-hydroxylation sites is 1. The number of hydrogen-bond acceptors (Lipinski definition) is 5. The Balaban J connectivity index is 1.47. The number of fused-ring (bicyclic) bond motifs is 2. The zero-order valence-electron chi connectivity index (χ0n) is 18.1. The van der Waals surface area contributed by atoms with Gasteiger partial charge in [-0.2, -0.15) is 0 Å². The van der Waals surface area contributed by atoms with Gasteiger partial charge in [0.15, 0.2) is 0 Å². The van der Waals surface area contributed by atoms with Crippen molar-refractivity contribution in [2.24, 2.45) is 0 Å². The highest BCUT2D eigenvalue weighted by atomic mass is 35.5. The highest BCUT2D eigenvalue weighted by Gasteiger charge is 2.20. The van der Waals surface area contributed by atoms with Crippen LogP contribution in [0.4, 0.5) is 11.4 Å². The molecule has 3 rings (SSSR count).